The maximum absolute atomic E-state index is 11.0. The van der Waals surface area contributed by atoms with Gasteiger partial charge in [-0.05, 0) is 178 Å². The number of primary sulfonamides is 1. The smallest absolute Gasteiger partial charge is 0.209 e. The Bertz CT molecular complexity index is 5050. The number of nitrogens with two attached hydrogens (primary N) is 1. The summed E-state index contributed by atoms with van der Waals surface area (Å²) < 4.78 is 75.8. The zero-order valence-electron chi connectivity index (χ0n) is 87.8. The van der Waals surface area contributed by atoms with Gasteiger partial charge in [-0.2, -0.15) is 0 Å². The van der Waals surface area contributed by atoms with Gasteiger partial charge in [0.15, 0.2) is 0 Å². The highest BCUT2D eigenvalue weighted by molar-refractivity contribution is 7.91. The van der Waals surface area contributed by atoms with Crippen LogP contribution in [0.1, 0.15) is 290 Å². The Labute approximate surface area is 822 Å². The van der Waals surface area contributed by atoms with E-state index in [9.17, 15) is 45.7 Å². The van der Waals surface area contributed by atoms with E-state index in [-0.39, 0.29) is 91.4 Å². The number of nitrogens with zero attached hydrogens (tertiary/aromatic N) is 9. The van der Waals surface area contributed by atoms with E-state index in [1.807, 2.05) is 110 Å². The van der Waals surface area contributed by atoms with E-state index < -0.39 is 40.9 Å². The van der Waals surface area contributed by atoms with Gasteiger partial charge in [0.25, 0.3) is 0 Å². The van der Waals surface area contributed by atoms with Crippen molar-refractivity contribution in [2.45, 2.75) is 304 Å². The van der Waals surface area contributed by atoms with Crippen molar-refractivity contribution in [3.05, 3.63) is 261 Å². The van der Waals surface area contributed by atoms with Crippen LogP contribution < -0.4 is 20.3 Å². The molecule has 25 nitrogen and oxygen atoms in total. The predicted octanol–water partition coefficient (Wildman–Crippen LogP) is 17.5. The Kier molecular flexibility index (Phi) is 44.0. The van der Waals surface area contributed by atoms with Crippen LogP contribution >= 0.6 is 0 Å². The molecule has 137 heavy (non-hydrogen) atoms. The first-order chi connectivity index (χ1) is 62.9. The summed E-state index contributed by atoms with van der Waals surface area (Å²) in [5.74, 6) is 2.04. The molecule has 9 N–H and O–H groups in total. The molecular weight excluding hydrogens is 1780 g/mol. The number of pyridine rings is 7. The highest BCUT2D eigenvalue weighted by Gasteiger charge is 2.39. The maximum Gasteiger partial charge on any atom is 0.209 e. The molecule has 760 valence electrons. The molecule has 13 rings (SSSR count). The summed E-state index contributed by atoms with van der Waals surface area (Å²) in [6, 6.07) is 44.8. The van der Waals surface area contributed by atoms with E-state index in [2.05, 4.69) is 298 Å². The highest BCUT2D eigenvalue weighted by Crippen LogP contribution is 2.41. The molecule has 7 aromatic heterocycles. The third-order valence-electron chi connectivity index (χ3n) is 23.4. The van der Waals surface area contributed by atoms with Gasteiger partial charge < -0.3 is 55.2 Å². The number of benzene rings is 2. The van der Waals surface area contributed by atoms with Crippen molar-refractivity contribution in [2.75, 3.05) is 111 Å². The summed E-state index contributed by atoms with van der Waals surface area (Å²) in [6.07, 6.45) is 19.4. The Morgan fingerprint density at radius 2 is 0.708 bits per heavy atom. The van der Waals surface area contributed by atoms with Crippen molar-refractivity contribution in [1.82, 2.24) is 34.9 Å². The van der Waals surface area contributed by atoms with E-state index in [0.29, 0.717) is 65.3 Å². The van der Waals surface area contributed by atoms with Gasteiger partial charge in [0, 0.05) is 131 Å². The van der Waals surface area contributed by atoms with E-state index >= 15 is 0 Å². The van der Waals surface area contributed by atoms with Gasteiger partial charge in [-0.15, -0.1) is 0 Å². The number of sulfonamides is 1. The molecule has 0 unspecified atom stereocenters. The van der Waals surface area contributed by atoms with Crippen LogP contribution in [0.3, 0.4) is 0 Å². The molecule has 3 saturated heterocycles. The van der Waals surface area contributed by atoms with Crippen molar-refractivity contribution in [1.29, 1.82) is 0 Å². The lowest BCUT2D eigenvalue weighted by molar-refractivity contribution is -0.184. The number of aliphatic hydroxyl groups is 6. The molecule has 10 heterocycles. The van der Waals surface area contributed by atoms with Crippen molar-refractivity contribution < 1.29 is 65.4 Å². The van der Waals surface area contributed by atoms with E-state index in [1.165, 1.54) is 51.6 Å². The maximum atomic E-state index is 11.0. The molecule has 0 spiro atoms. The molecule has 28 heteroatoms. The zero-order chi connectivity index (χ0) is 103. The third-order valence-corrected chi connectivity index (χ3v) is 26.1. The second-order valence-electron chi connectivity index (χ2n) is 45.6. The molecule has 4 aliphatic rings. The quantitative estimate of drug-likeness (QED) is 0.0329. The second-order valence-corrected chi connectivity index (χ2v) is 51.9. The fourth-order valence-corrected chi connectivity index (χ4v) is 15.0. The van der Waals surface area contributed by atoms with Crippen LogP contribution in [0.25, 0.3) is 0 Å². The number of anilines is 3. The average molecular weight is 1950 g/mol. The second kappa shape index (κ2) is 50.7. The molecule has 2 aromatic carbocycles. The first kappa shape index (κ1) is 119. The number of aliphatic hydroxyl groups excluding tert-OH is 4. The van der Waals surface area contributed by atoms with Crippen LogP contribution in [0, 0.1) is 0 Å². The number of nitrogens with one attached hydrogen (secondary N) is 1. The minimum absolute atomic E-state index is 0.0556. The van der Waals surface area contributed by atoms with Crippen LogP contribution in [0.2, 0.25) is 0 Å². The first-order valence-electron chi connectivity index (χ1n) is 47.6. The van der Waals surface area contributed by atoms with Crippen molar-refractivity contribution in [3.8, 4) is 0 Å². The fourth-order valence-electron chi connectivity index (χ4n) is 13.3. The summed E-state index contributed by atoms with van der Waals surface area (Å²) in [5.41, 5.74) is 17.1. The molecule has 9 aromatic rings. The summed E-state index contributed by atoms with van der Waals surface area (Å²) in [5, 5.41) is 63.7. The van der Waals surface area contributed by atoms with Crippen LogP contribution in [-0.2, 0) is 125 Å². The molecule has 0 amide bonds. The molecule has 1 aliphatic carbocycles. The van der Waals surface area contributed by atoms with Crippen LogP contribution in [0.5, 0.6) is 0 Å². The van der Waals surface area contributed by atoms with Gasteiger partial charge >= 0.3 is 0 Å². The van der Waals surface area contributed by atoms with Gasteiger partial charge in [-0.1, -0.05) is 266 Å². The monoisotopic (exact) mass is 1950 g/mol. The number of β-amino-alcohol motifs (C(OH)–C–C–N with tert-alkyl or cyclic N) is 2. The van der Waals surface area contributed by atoms with Crippen LogP contribution in [0.15, 0.2) is 177 Å². The van der Waals surface area contributed by atoms with E-state index in [4.69, 9.17) is 24.8 Å². The Morgan fingerprint density at radius 3 is 0.978 bits per heavy atom. The Hall–Kier alpha value is -8.62. The predicted molar refractivity (Wildman–Crippen MR) is 561 cm³/mol. The first-order valence-corrected chi connectivity index (χ1v) is 53.4. The molecule has 0 radical (unpaired) electrons. The van der Waals surface area contributed by atoms with Gasteiger partial charge in [0.1, 0.15) is 42.5 Å². The summed E-state index contributed by atoms with van der Waals surface area (Å²) >= 11 is 0. The molecule has 4 fully saturated rings. The van der Waals surface area contributed by atoms with Gasteiger partial charge in [-0.3, -0.25) is 24.9 Å². The number of hydrogen-bond donors (Lipinski definition) is 8. The molecular formula is C109H167N11O14S3. The number of sulfone groups is 2. The largest absolute Gasteiger partial charge is 0.395 e. The fraction of sp³-hybridized carbons (Fsp3) is 0.569. The lowest BCUT2D eigenvalue weighted by atomic mass is 9.77. The molecule has 3 aliphatic heterocycles. The normalized spacial score (nSPS) is 15.1. The Balaban J connectivity index is 0.000000272. The number of rotatable bonds is 20. The number of hydrogen-bond acceptors (Lipinski definition) is 24. The summed E-state index contributed by atoms with van der Waals surface area (Å²) in [4.78, 5) is 34.4. The van der Waals surface area contributed by atoms with Crippen LogP contribution in [-0.4, -0.2) is 199 Å². The van der Waals surface area contributed by atoms with Crippen molar-refractivity contribution in [3.63, 3.8) is 0 Å². The SMILES string of the molecule is CC(C)(C)c1ccc(C2(O)CCC2)nc1.CC(C)(C)c1ccc(C2(O)COC2)cc1.CC(C)(C)c1ccc(CCS(C)(=O)=O)nc1.CC(C)(C)c1ccc(CCS(C)(=O)=O)nc1.CC(C)(C)c1ccc(CCS(N)(=O)=O)nc1.CC(C)(C)c1ccc(COCCO)nc1.CC(C)(C)c1ccc(N2CC(O)C2)cc1.CC(C)(C)c1ccc(N2CC(O)C2)nc1.CC(C)(C)c1ccc(NCCO)nc1. The highest BCUT2D eigenvalue weighted by atomic mass is 32.2. The minimum Gasteiger partial charge on any atom is -0.395 e. The molecule has 0 bridgehead atoms. The van der Waals surface area contributed by atoms with Gasteiger partial charge in [-0.25, -0.2) is 40.4 Å². The summed E-state index contributed by atoms with van der Waals surface area (Å²) in [6.45, 7) is 63.6. The van der Waals surface area contributed by atoms with Gasteiger partial charge in [0.2, 0.25) is 10.0 Å². The summed E-state index contributed by atoms with van der Waals surface area (Å²) in [7, 11) is -9.20. The number of ether oxygens (including phenoxy) is 2. The molecule has 0 atom stereocenters. The van der Waals surface area contributed by atoms with E-state index in [0.717, 1.165) is 94.7 Å². The topological polar surface area (TPSA) is 377 Å². The molecule has 1 saturated carbocycles. The van der Waals surface area contributed by atoms with E-state index in [1.54, 1.807) is 6.20 Å². The third kappa shape index (κ3) is 43.6. The lowest BCUT2D eigenvalue weighted by Gasteiger charge is -2.38. The Morgan fingerprint density at radius 1 is 0.387 bits per heavy atom. The number of aryl methyl sites for hydroxylation is 3. The van der Waals surface area contributed by atoms with Crippen molar-refractivity contribution >= 4 is 47.0 Å². The van der Waals surface area contributed by atoms with Crippen molar-refractivity contribution in [2.24, 2.45) is 5.14 Å². The zero-order valence-corrected chi connectivity index (χ0v) is 90.3. The minimum atomic E-state index is -3.40. The lowest BCUT2D eigenvalue weighted by Crippen LogP contribution is -2.51. The van der Waals surface area contributed by atoms with Gasteiger partial charge in [0.05, 0.1) is 80.5 Å². The standard InChI is InChI=1S/2C13H19NO.C13H18O2.C12H18N2O.2C12H19NO2S.C12H19NO2.C11H18N2O2S.C11H18N2O/c1-12(2,3)10-5-6-11(14-9-10)13(15)7-4-8-13;1-13(2,3)10-4-6-11(7-5-10)14-8-12(15)9-14;1-12(2,3)10-4-6-11(7-5-10)13(14)8-15-9-13;1-12(2,3)9-4-5-11(13-6-9)14-7-10(15)8-14;2*1-12(2,3)10-5-6-11(13-9-10)7-8-16(4,14)15;1-12(2,3)10-4-5-11(13-8-10)9-15-7-6-14;1-11(2,3)9-4-5-10(13-8-9)6-7-16(12,14)15;1-11(2,3)9-4-5-10(13-8-9)12-6-7-14/h5-6,9,15H,4,7-8H2,1-3H3;4-7,12,15H,8-9H2,1-3H3;4-7,14H,8-9H2,1-3H3;4-6,10,15H,7-8H2,1-3H3;2*5-6,9H,7-8H2,1-4H3;4-5,8,14H,6-7,9H2,1-3H3;4-5,8H,6-7H2,1-3H3,(H2,12,14,15);4-5,8,14H,6-7H2,1-3H3,(H,12,13). The number of aromatic nitrogens is 7. The average Bonchev–Trinajstić information content (AvgIpc) is 0.795. The van der Waals surface area contributed by atoms with Crippen LogP contribution in [0.4, 0.5) is 17.3 Å².